The molecule has 1 fully saturated rings. The summed E-state index contributed by atoms with van der Waals surface area (Å²) in [5.41, 5.74) is 2.06. The second kappa shape index (κ2) is 6.00. The number of anilines is 1. The molecule has 3 aromatic rings. The summed E-state index contributed by atoms with van der Waals surface area (Å²) in [6, 6.07) is 13.9. The van der Waals surface area contributed by atoms with E-state index in [2.05, 4.69) is 4.98 Å². The maximum atomic E-state index is 14.4. The van der Waals surface area contributed by atoms with Crippen LogP contribution in [-0.2, 0) is 10.0 Å². The Bertz CT molecular complexity index is 1060. The molecular formula is C18H15FN2O3S. The van der Waals surface area contributed by atoms with Gasteiger partial charge in [0.25, 0.3) is 5.89 Å². The number of nitrogens with zero attached hydrogens (tertiary/aromatic N) is 2. The van der Waals surface area contributed by atoms with Gasteiger partial charge in [-0.3, -0.25) is 4.31 Å². The fourth-order valence-corrected chi connectivity index (χ4v) is 4.42. The fraction of sp³-hybridized carbons (Fsp3) is 0.167. The predicted octanol–water partition coefficient (Wildman–Crippen LogP) is 3.84. The van der Waals surface area contributed by atoms with Crippen molar-refractivity contribution in [1.82, 2.24) is 4.98 Å². The lowest BCUT2D eigenvalue weighted by molar-refractivity contribution is 0.556. The molecule has 0 radical (unpaired) electrons. The van der Waals surface area contributed by atoms with Gasteiger partial charge in [0.05, 0.1) is 11.4 Å². The second-order valence-corrected chi connectivity index (χ2v) is 7.83. The SMILES string of the molecule is O=S1(=O)CCCN1c1ccc2oc(/C(F)=C/c3ccccc3)nc2c1. The van der Waals surface area contributed by atoms with Crippen LogP contribution < -0.4 is 4.31 Å². The summed E-state index contributed by atoms with van der Waals surface area (Å²) >= 11 is 0. The zero-order valence-electron chi connectivity index (χ0n) is 13.2. The lowest BCUT2D eigenvalue weighted by Crippen LogP contribution is -2.24. The van der Waals surface area contributed by atoms with E-state index in [1.54, 1.807) is 30.3 Å². The first-order valence-corrected chi connectivity index (χ1v) is 9.47. The molecule has 0 aliphatic carbocycles. The summed E-state index contributed by atoms with van der Waals surface area (Å²) in [5.74, 6) is -0.568. The third-order valence-electron chi connectivity index (χ3n) is 4.06. The second-order valence-electron chi connectivity index (χ2n) is 5.82. The standard InChI is InChI=1S/C18H15FN2O3S/c19-15(11-13-5-2-1-3-6-13)18-20-16-12-14(7-8-17(16)24-18)21-9-4-10-25(21,22)23/h1-3,5-8,11-12H,4,9-10H2/b15-11-. The van der Waals surface area contributed by atoms with E-state index in [0.29, 0.717) is 35.3 Å². The molecule has 7 heteroatoms. The highest BCUT2D eigenvalue weighted by Crippen LogP contribution is 2.30. The van der Waals surface area contributed by atoms with Gasteiger partial charge in [-0.25, -0.2) is 17.8 Å². The van der Waals surface area contributed by atoms with E-state index in [-0.39, 0.29) is 11.6 Å². The molecule has 0 unspecified atom stereocenters. The van der Waals surface area contributed by atoms with Crippen molar-refractivity contribution in [2.24, 2.45) is 0 Å². The van der Waals surface area contributed by atoms with Crippen molar-refractivity contribution in [3.8, 4) is 0 Å². The molecule has 25 heavy (non-hydrogen) atoms. The zero-order valence-corrected chi connectivity index (χ0v) is 14.0. The molecule has 0 saturated carbocycles. The van der Waals surface area contributed by atoms with Gasteiger partial charge in [0.15, 0.2) is 11.4 Å². The lowest BCUT2D eigenvalue weighted by Gasteiger charge is -2.16. The number of benzene rings is 2. The molecule has 5 nitrogen and oxygen atoms in total. The summed E-state index contributed by atoms with van der Waals surface area (Å²) in [4.78, 5) is 4.16. The van der Waals surface area contributed by atoms with Gasteiger partial charge in [-0.15, -0.1) is 0 Å². The van der Waals surface area contributed by atoms with Crippen LogP contribution in [0, 0.1) is 0 Å². The van der Waals surface area contributed by atoms with E-state index in [4.69, 9.17) is 4.42 Å². The van der Waals surface area contributed by atoms with Crippen molar-refractivity contribution in [2.75, 3.05) is 16.6 Å². The normalized spacial score (nSPS) is 17.3. The van der Waals surface area contributed by atoms with Crippen LogP contribution in [0.5, 0.6) is 0 Å². The molecule has 2 heterocycles. The number of halogens is 1. The van der Waals surface area contributed by atoms with Crippen molar-refractivity contribution in [3.05, 3.63) is 60.0 Å². The van der Waals surface area contributed by atoms with Crippen LogP contribution in [0.1, 0.15) is 17.9 Å². The summed E-state index contributed by atoms with van der Waals surface area (Å²) < 4.78 is 45.2. The zero-order chi connectivity index (χ0) is 17.4. The molecule has 0 spiro atoms. The molecule has 0 atom stereocenters. The first-order valence-electron chi connectivity index (χ1n) is 7.86. The third-order valence-corrected chi connectivity index (χ3v) is 5.93. The number of fused-ring (bicyclic) bond motifs is 1. The van der Waals surface area contributed by atoms with E-state index in [9.17, 15) is 12.8 Å². The molecule has 0 N–H and O–H groups in total. The molecule has 4 rings (SSSR count). The summed E-state index contributed by atoms with van der Waals surface area (Å²) in [5, 5.41) is 0. The Labute approximate surface area is 144 Å². The maximum absolute atomic E-state index is 14.4. The van der Waals surface area contributed by atoms with Gasteiger partial charge in [0.2, 0.25) is 10.0 Å². The Balaban J connectivity index is 1.70. The number of sulfonamides is 1. The minimum absolute atomic E-state index is 0.125. The maximum Gasteiger partial charge on any atom is 0.256 e. The lowest BCUT2D eigenvalue weighted by atomic mass is 10.2. The van der Waals surface area contributed by atoms with Gasteiger partial charge in [0.1, 0.15) is 5.52 Å². The molecule has 128 valence electrons. The summed E-state index contributed by atoms with van der Waals surface area (Å²) in [6.07, 6.45) is 1.94. The van der Waals surface area contributed by atoms with Gasteiger partial charge in [-0.05, 0) is 36.3 Å². The highest BCUT2D eigenvalue weighted by molar-refractivity contribution is 7.93. The summed E-state index contributed by atoms with van der Waals surface area (Å²) in [6.45, 7) is 0.445. The van der Waals surface area contributed by atoms with E-state index in [1.165, 1.54) is 10.4 Å². The summed E-state index contributed by atoms with van der Waals surface area (Å²) in [7, 11) is -3.27. The highest BCUT2D eigenvalue weighted by Gasteiger charge is 2.28. The highest BCUT2D eigenvalue weighted by atomic mass is 32.2. The van der Waals surface area contributed by atoms with Crippen LogP contribution in [0.3, 0.4) is 0 Å². The van der Waals surface area contributed by atoms with Gasteiger partial charge in [-0.1, -0.05) is 30.3 Å². The van der Waals surface area contributed by atoms with Crippen molar-refractivity contribution >= 4 is 38.7 Å². The van der Waals surface area contributed by atoms with Crippen molar-refractivity contribution in [2.45, 2.75) is 6.42 Å². The van der Waals surface area contributed by atoms with Crippen LogP contribution in [0.4, 0.5) is 10.1 Å². The van der Waals surface area contributed by atoms with Crippen LogP contribution in [0.2, 0.25) is 0 Å². The van der Waals surface area contributed by atoms with E-state index >= 15 is 0 Å². The van der Waals surface area contributed by atoms with Crippen molar-refractivity contribution in [3.63, 3.8) is 0 Å². The molecule has 1 aromatic heterocycles. The Morgan fingerprint density at radius 3 is 2.72 bits per heavy atom. The number of hydrogen-bond donors (Lipinski definition) is 0. The molecule has 1 aliphatic heterocycles. The van der Waals surface area contributed by atoms with Gasteiger partial charge in [0, 0.05) is 6.54 Å². The minimum atomic E-state index is -3.27. The quantitative estimate of drug-likeness (QED) is 0.714. The third kappa shape index (κ3) is 3.02. The average Bonchev–Trinajstić information content (AvgIpc) is 3.17. The van der Waals surface area contributed by atoms with Crippen LogP contribution in [-0.4, -0.2) is 25.7 Å². The average molecular weight is 358 g/mol. The molecule has 2 aromatic carbocycles. The monoisotopic (exact) mass is 358 g/mol. The van der Waals surface area contributed by atoms with Gasteiger partial charge >= 0.3 is 0 Å². The number of hydrogen-bond acceptors (Lipinski definition) is 4. The van der Waals surface area contributed by atoms with Crippen LogP contribution in [0.15, 0.2) is 52.9 Å². The van der Waals surface area contributed by atoms with Crippen molar-refractivity contribution in [1.29, 1.82) is 0 Å². The largest absolute Gasteiger partial charge is 0.434 e. The van der Waals surface area contributed by atoms with E-state index < -0.39 is 15.9 Å². The Hall–Kier alpha value is -2.67. The number of rotatable bonds is 3. The van der Waals surface area contributed by atoms with E-state index in [1.807, 2.05) is 18.2 Å². The van der Waals surface area contributed by atoms with Gasteiger partial charge in [-0.2, -0.15) is 0 Å². The predicted molar refractivity (Wildman–Crippen MR) is 95.2 cm³/mol. The molecule has 0 amide bonds. The Morgan fingerprint density at radius 2 is 2.00 bits per heavy atom. The van der Waals surface area contributed by atoms with E-state index in [0.717, 1.165) is 0 Å². The fourth-order valence-electron chi connectivity index (χ4n) is 2.86. The first kappa shape index (κ1) is 15.8. The van der Waals surface area contributed by atoms with Crippen LogP contribution >= 0.6 is 0 Å². The molecule has 1 saturated heterocycles. The first-order chi connectivity index (χ1) is 12.0. The smallest absolute Gasteiger partial charge is 0.256 e. The van der Waals surface area contributed by atoms with Crippen LogP contribution in [0.25, 0.3) is 23.0 Å². The molecule has 1 aliphatic rings. The molecular weight excluding hydrogens is 343 g/mol. The topological polar surface area (TPSA) is 63.4 Å². The minimum Gasteiger partial charge on any atom is -0.434 e. The number of oxazole rings is 1. The Morgan fingerprint density at radius 1 is 1.20 bits per heavy atom. The molecule has 0 bridgehead atoms. The Kier molecular flexibility index (Phi) is 3.80. The van der Waals surface area contributed by atoms with Gasteiger partial charge < -0.3 is 4.42 Å². The van der Waals surface area contributed by atoms with Crippen molar-refractivity contribution < 1.29 is 17.2 Å². The number of aromatic nitrogens is 1.